The molecule has 0 spiro atoms. The molecule has 0 radical (unpaired) electrons. The Kier molecular flexibility index (Phi) is 10.6. The molecule has 2 aliphatic carbocycles. The number of rotatable bonds is 8. The Morgan fingerprint density at radius 1 is 0.615 bits per heavy atom. The van der Waals surface area contributed by atoms with E-state index in [4.69, 9.17) is 9.47 Å². The Morgan fingerprint density at radius 2 is 1.08 bits per heavy atom. The van der Waals surface area contributed by atoms with E-state index in [1.165, 1.54) is 0 Å². The highest BCUT2D eigenvalue weighted by Gasteiger charge is 2.56. The Bertz CT molecular complexity index is 1940. The number of carbonyl (C=O) groups is 2. The first kappa shape index (κ1) is 39.1. The van der Waals surface area contributed by atoms with Crippen molar-refractivity contribution in [3.05, 3.63) is 104 Å². The second kappa shape index (κ2) is 14.0. The zero-order valence-electron chi connectivity index (χ0n) is 31.0. The molecule has 0 atom stereocenters. The molecule has 6 rings (SSSR count). The molecule has 0 N–H and O–H groups in total. The van der Waals surface area contributed by atoms with E-state index < -0.39 is 63.2 Å². The number of unbranched alkanes of at least 4 members (excludes halogenated alkanes) is 4. The second-order valence-corrected chi connectivity index (χ2v) is 15.0. The van der Waals surface area contributed by atoms with E-state index in [9.17, 15) is 22.8 Å². The molecule has 0 bridgehead atoms. The number of hydrogen-bond acceptors (Lipinski definition) is 4. The van der Waals surface area contributed by atoms with E-state index in [0.717, 1.165) is 24.0 Å². The number of halogens is 6. The van der Waals surface area contributed by atoms with Gasteiger partial charge in [0.2, 0.25) is 11.6 Å². The van der Waals surface area contributed by atoms with Gasteiger partial charge in [-0.15, -0.1) is 0 Å². The second-order valence-electron chi connectivity index (χ2n) is 15.0. The fraction of sp³-hybridized carbons (Fsp3) is 0.476. The molecule has 2 aromatic rings. The number of aryl methyl sites for hydroxylation is 2. The Balaban J connectivity index is 0.000000201. The highest BCUT2D eigenvalue weighted by atomic mass is 19.3. The quantitative estimate of drug-likeness (QED) is 0.201. The molecule has 4 aliphatic rings. The van der Waals surface area contributed by atoms with Crippen LogP contribution < -0.4 is 0 Å². The van der Waals surface area contributed by atoms with Gasteiger partial charge >= 0.3 is 11.8 Å². The molecule has 0 unspecified atom stereocenters. The predicted octanol–water partition coefficient (Wildman–Crippen LogP) is 12.0. The number of allylic oxidation sites excluding steroid dienone is 6. The maximum atomic E-state index is 15.2. The lowest BCUT2D eigenvalue weighted by atomic mass is 9.78. The normalized spacial score (nSPS) is 20.7. The van der Waals surface area contributed by atoms with Crippen LogP contribution in [0.1, 0.15) is 126 Å². The average molecular weight is 729 g/mol. The van der Waals surface area contributed by atoms with Crippen LogP contribution in [0.4, 0.5) is 26.3 Å². The standard InChI is InChI=1S/2C21H23F3O2/c1-5-6-7-8-15-17(22)18-16(19(25)21(15,23)24)13-11-12(2)9-10-14(13)20(3,4)26-18;1-5-6-7-8-15-17(22)18(25)16-13-11-12(2)9-10-14(13)20(3,4)26-19(16)21(15,23)24/h2*9-11H,5-8H2,1-4H3. The predicted molar refractivity (Wildman–Crippen MR) is 189 cm³/mol. The topological polar surface area (TPSA) is 52.6 Å². The van der Waals surface area contributed by atoms with E-state index >= 15 is 13.2 Å². The maximum Gasteiger partial charge on any atom is 0.334 e. The summed E-state index contributed by atoms with van der Waals surface area (Å²) in [5, 5.41) is 0. The fourth-order valence-corrected chi connectivity index (χ4v) is 7.30. The van der Waals surface area contributed by atoms with Crippen LogP contribution in [0, 0.1) is 13.8 Å². The molecule has 0 amide bonds. The minimum atomic E-state index is -3.84. The van der Waals surface area contributed by atoms with Crippen LogP contribution in [0.3, 0.4) is 0 Å². The van der Waals surface area contributed by atoms with Crippen molar-refractivity contribution < 1.29 is 45.4 Å². The molecular formula is C42H46F6O4. The molecule has 0 saturated carbocycles. The average Bonchev–Trinajstić information content (AvgIpc) is 3.05. The van der Waals surface area contributed by atoms with Gasteiger partial charge in [-0.25, -0.2) is 8.78 Å². The molecule has 52 heavy (non-hydrogen) atoms. The SMILES string of the molecule is CCCCCC1=C(F)C(=O)C2=C(OC(C)(C)c3ccc(C)cc32)C1(F)F.CCCCCC1=C(F)C2=C(C(=O)C1(F)F)c1cc(C)ccc1C(C)(C)O2. The summed E-state index contributed by atoms with van der Waals surface area (Å²) in [5.41, 5.74) is -0.633. The number of benzene rings is 2. The van der Waals surface area contributed by atoms with Gasteiger partial charge in [0.15, 0.2) is 23.2 Å². The van der Waals surface area contributed by atoms with Crippen molar-refractivity contribution in [2.45, 2.75) is 130 Å². The van der Waals surface area contributed by atoms with E-state index in [1.807, 2.05) is 26.0 Å². The fourth-order valence-electron chi connectivity index (χ4n) is 7.30. The van der Waals surface area contributed by atoms with Crippen LogP contribution in [0.15, 0.2) is 70.7 Å². The molecular weight excluding hydrogens is 682 g/mol. The summed E-state index contributed by atoms with van der Waals surface area (Å²) in [5.74, 6) is -13.3. The Labute approximate surface area is 301 Å². The number of Topliss-reactive ketones (excluding diaryl/α,β-unsaturated/α-hetero) is 2. The number of ether oxygens (including phenoxy) is 2. The van der Waals surface area contributed by atoms with E-state index in [2.05, 4.69) is 0 Å². The molecule has 2 aromatic carbocycles. The van der Waals surface area contributed by atoms with E-state index in [-0.39, 0.29) is 29.7 Å². The minimum absolute atomic E-state index is 0.153. The third-order valence-corrected chi connectivity index (χ3v) is 10.1. The zero-order valence-corrected chi connectivity index (χ0v) is 31.0. The summed E-state index contributed by atoms with van der Waals surface area (Å²) in [6.07, 6.45) is 3.53. The first-order valence-electron chi connectivity index (χ1n) is 18.0. The third kappa shape index (κ3) is 6.66. The molecule has 280 valence electrons. The number of fused-ring (bicyclic) bond motifs is 4. The lowest BCUT2D eigenvalue weighted by Gasteiger charge is -2.40. The van der Waals surface area contributed by atoms with Gasteiger partial charge < -0.3 is 9.47 Å². The van der Waals surface area contributed by atoms with Gasteiger partial charge in [-0.05, 0) is 78.4 Å². The van der Waals surface area contributed by atoms with Gasteiger partial charge in [0.05, 0.1) is 11.1 Å². The van der Waals surface area contributed by atoms with Gasteiger partial charge in [0.25, 0.3) is 0 Å². The van der Waals surface area contributed by atoms with Crippen molar-refractivity contribution in [1.29, 1.82) is 0 Å². The number of ketones is 2. The third-order valence-electron chi connectivity index (χ3n) is 10.1. The molecule has 2 heterocycles. The lowest BCUT2D eigenvalue weighted by Crippen LogP contribution is -2.40. The van der Waals surface area contributed by atoms with Gasteiger partial charge in [-0.3, -0.25) is 9.59 Å². The molecule has 0 fully saturated rings. The van der Waals surface area contributed by atoms with Crippen LogP contribution in [-0.2, 0) is 30.3 Å². The Morgan fingerprint density at radius 3 is 1.58 bits per heavy atom. The van der Waals surface area contributed by atoms with Crippen LogP contribution in [0.5, 0.6) is 0 Å². The number of hydrogen-bond donors (Lipinski definition) is 0. The van der Waals surface area contributed by atoms with Crippen LogP contribution in [0.2, 0.25) is 0 Å². The monoisotopic (exact) mass is 728 g/mol. The minimum Gasteiger partial charge on any atom is -0.480 e. The summed E-state index contributed by atoms with van der Waals surface area (Å²) in [6, 6.07) is 10.4. The molecule has 2 aliphatic heterocycles. The van der Waals surface area contributed by atoms with Gasteiger partial charge in [0, 0.05) is 22.3 Å². The molecule has 10 heteroatoms. The molecule has 0 aromatic heterocycles. The van der Waals surface area contributed by atoms with Crippen LogP contribution in [-0.4, -0.2) is 23.4 Å². The smallest absolute Gasteiger partial charge is 0.334 e. The van der Waals surface area contributed by atoms with E-state index in [1.54, 1.807) is 65.8 Å². The highest BCUT2D eigenvalue weighted by molar-refractivity contribution is 6.30. The van der Waals surface area contributed by atoms with Gasteiger partial charge in [-0.1, -0.05) is 87.1 Å². The summed E-state index contributed by atoms with van der Waals surface area (Å²) in [7, 11) is 0. The summed E-state index contributed by atoms with van der Waals surface area (Å²) in [6.45, 7) is 14.3. The largest absolute Gasteiger partial charge is 0.480 e. The maximum absolute atomic E-state index is 15.2. The molecule has 0 saturated heterocycles. The first-order valence-corrected chi connectivity index (χ1v) is 18.0. The van der Waals surface area contributed by atoms with Crippen molar-refractivity contribution in [2.24, 2.45) is 0 Å². The molecule has 4 nitrogen and oxygen atoms in total. The summed E-state index contributed by atoms with van der Waals surface area (Å²) in [4.78, 5) is 25.3. The first-order chi connectivity index (χ1) is 24.2. The lowest BCUT2D eigenvalue weighted by molar-refractivity contribution is -0.133. The summed E-state index contributed by atoms with van der Waals surface area (Å²) < 4.78 is 101. The highest BCUT2D eigenvalue weighted by Crippen LogP contribution is 2.54. The van der Waals surface area contributed by atoms with Gasteiger partial charge in [0.1, 0.15) is 11.2 Å². The van der Waals surface area contributed by atoms with Crippen molar-refractivity contribution in [3.8, 4) is 0 Å². The van der Waals surface area contributed by atoms with Crippen molar-refractivity contribution in [2.75, 3.05) is 0 Å². The zero-order chi connectivity index (χ0) is 38.6. The van der Waals surface area contributed by atoms with Crippen LogP contribution in [0.25, 0.3) is 11.1 Å². The van der Waals surface area contributed by atoms with Crippen molar-refractivity contribution in [1.82, 2.24) is 0 Å². The number of carbonyl (C=O) groups excluding carboxylic acids is 2. The van der Waals surface area contributed by atoms with Crippen molar-refractivity contribution >= 4 is 22.7 Å². The van der Waals surface area contributed by atoms with E-state index in [0.29, 0.717) is 47.9 Å². The Hall–Kier alpha value is -4.08. The number of alkyl halides is 4. The van der Waals surface area contributed by atoms with Gasteiger partial charge in [-0.2, -0.15) is 17.6 Å². The van der Waals surface area contributed by atoms with Crippen molar-refractivity contribution in [3.63, 3.8) is 0 Å². The van der Waals surface area contributed by atoms with Crippen LogP contribution >= 0.6 is 0 Å². The summed E-state index contributed by atoms with van der Waals surface area (Å²) >= 11 is 0.